The summed E-state index contributed by atoms with van der Waals surface area (Å²) in [5.74, 6) is 0.563. The number of nitrogens with one attached hydrogen (secondary N) is 1. The van der Waals surface area contributed by atoms with Gasteiger partial charge in [0, 0.05) is 17.5 Å². The maximum atomic E-state index is 14.0. The second-order valence-corrected chi connectivity index (χ2v) is 6.55. The summed E-state index contributed by atoms with van der Waals surface area (Å²) in [6.07, 6.45) is 2.23. The van der Waals surface area contributed by atoms with Gasteiger partial charge in [0.1, 0.15) is 5.82 Å². The van der Waals surface area contributed by atoms with Crippen LogP contribution in [0.15, 0.2) is 24.3 Å². The summed E-state index contributed by atoms with van der Waals surface area (Å²) in [6.45, 7) is 9.54. The van der Waals surface area contributed by atoms with Crippen LogP contribution in [0.25, 0.3) is 0 Å². The van der Waals surface area contributed by atoms with Gasteiger partial charge in [-0.25, -0.2) is 4.39 Å². The first-order valence-electron chi connectivity index (χ1n) is 6.89. The van der Waals surface area contributed by atoms with E-state index in [1.807, 2.05) is 12.1 Å². The minimum atomic E-state index is -0.0517. The van der Waals surface area contributed by atoms with Crippen LogP contribution in [-0.4, -0.2) is 12.1 Å². The van der Waals surface area contributed by atoms with Crippen LogP contribution in [0, 0.1) is 11.7 Å². The lowest BCUT2D eigenvalue weighted by Crippen LogP contribution is -2.41. The van der Waals surface area contributed by atoms with Crippen molar-refractivity contribution in [3.8, 4) is 0 Å². The van der Waals surface area contributed by atoms with Crippen molar-refractivity contribution in [2.24, 2.45) is 5.92 Å². The van der Waals surface area contributed by atoms with Gasteiger partial charge in [0.05, 0.1) is 0 Å². The van der Waals surface area contributed by atoms with Crippen LogP contribution in [0.5, 0.6) is 0 Å². The molecule has 1 nitrogen and oxygen atoms in total. The summed E-state index contributed by atoms with van der Waals surface area (Å²) in [6, 6.07) is 7.25. The normalized spacial score (nSPS) is 27.3. The SMILES string of the molecule is CCC1CC1(CNC(C)(C)C)c1ccccc1F. The minimum absolute atomic E-state index is 0.0212. The molecule has 0 radical (unpaired) electrons. The highest BCUT2D eigenvalue weighted by atomic mass is 19.1. The molecular weight excluding hydrogens is 225 g/mol. The highest BCUT2D eigenvalue weighted by Gasteiger charge is 2.54. The Balaban J connectivity index is 2.22. The molecule has 0 spiro atoms. The zero-order valence-corrected chi connectivity index (χ0v) is 11.9. The Morgan fingerprint density at radius 3 is 2.50 bits per heavy atom. The van der Waals surface area contributed by atoms with Gasteiger partial charge >= 0.3 is 0 Å². The molecule has 0 amide bonds. The molecule has 100 valence electrons. The predicted octanol–water partition coefficient (Wildman–Crippen LogP) is 3.88. The zero-order chi connectivity index (χ0) is 13.4. The highest BCUT2D eigenvalue weighted by molar-refractivity contribution is 5.35. The minimum Gasteiger partial charge on any atom is -0.311 e. The molecular formula is C16H24FN. The Labute approximate surface area is 110 Å². The van der Waals surface area contributed by atoms with E-state index in [9.17, 15) is 4.39 Å². The van der Waals surface area contributed by atoms with Gasteiger partial charge in [-0.1, -0.05) is 31.5 Å². The van der Waals surface area contributed by atoms with Crippen LogP contribution < -0.4 is 5.32 Å². The van der Waals surface area contributed by atoms with Crippen molar-refractivity contribution >= 4 is 0 Å². The quantitative estimate of drug-likeness (QED) is 0.854. The second kappa shape index (κ2) is 4.65. The molecule has 2 rings (SSSR count). The van der Waals surface area contributed by atoms with Crippen LogP contribution in [0.1, 0.15) is 46.1 Å². The van der Waals surface area contributed by atoms with E-state index in [-0.39, 0.29) is 16.8 Å². The molecule has 2 heteroatoms. The van der Waals surface area contributed by atoms with Gasteiger partial charge in [0.25, 0.3) is 0 Å². The van der Waals surface area contributed by atoms with Crippen LogP contribution in [-0.2, 0) is 5.41 Å². The average Bonchev–Trinajstić information content (AvgIpc) is 3.01. The fourth-order valence-corrected chi connectivity index (χ4v) is 2.85. The number of rotatable bonds is 4. The lowest BCUT2D eigenvalue weighted by Gasteiger charge is -2.26. The molecule has 1 N–H and O–H groups in total. The molecule has 1 aliphatic carbocycles. The third-order valence-electron chi connectivity index (χ3n) is 4.07. The Bertz CT molecular complexity index is 421. The number of hydrogen-bond acceptors (Lipinski definition) is 1. The Hall–Kier alpha value is -0.890. The van der Waals surface area contributed by atoms with Gasteiger partial charge in [-0.2, -0.15) is 0 Å². The van der Waals surface area contributed by atoms with Gasteiger partial charge in [0.15, 0.2) is 0 Å². The predicted molar refractivity (Wildman–Crippen MR) is 74.2 cm³/mol. The fourth-order valence-electron chi connectivity index (χ4n) is 2.85. The lowest BCUT2D eigenvalue weighted by atomic mass is 9.90. The summed E-state index contributed by atoms with van der Waals surface area (Å²) in [5, 5.41) is 3.55. The molecule has 1 fully saturated rings. The smallest absolute Gasteiger partial charge is 0.127 e. The van der Waals surface area contributed by atoms with E-state index in [4.69, 9.17) is 0 Å². The molecule has 1 aliphatic rings. The largest absolute Gasteiger partial charge is 0.311 e. The summed E-state index contributed by atoms with van der Waals surface area (Å²) in [7, 11) is 0. The van der Waals surface area contributed by atoms with Crippen molar-refractivity contribution in [2.75, 3.05) is 6.54 Å². The monoisotopic (exact) mass is 249 g/mol. The van der Waals surface area contributed by atoms with E-state index in [1.54, 1.807) is 12.1 Å². The van der Waals surface area contributed by atoms with E-state index in [0.717, 1.165) is 24.9 Å². The summed E-state index contributed by atoms with van der Waals surface area (Å²) in [4.78, 5) is 0. The van der Waals surface area contributed by atoms with Gasteiger partial charge in [-0.05, 0) is 44.7 Å². The van der Waals surface area contributed by atoms with Crippen molar-refractivity contribution < 1.29 is 4.39 Å². The molecule has 18 heavy (non-hydrogen) atoms. The molecule has 0 aromatic heterocycles. The second-order valence-electron chi connectivity index (χ2n) is 6.55. The van der Waals surface area contributed by atoms with Gasteiger partial charge in [-0.15, -0.1) is 0 Å². The van der Waals surface area contributed by atoms with E-state index in [1.165, 1.54) is 0 Å². The molecule has 0 saturated heterocycles. The third-order valence-corrected chi connectivity index (χ3v) is 4.07. The van der Waals surface area contributed by atoms with Crippen molar-refractivity contribution in [1.29, 1.82) is 0 Å². The van der Waals surface area contributed by atoms with Crippen molar-refractivity contribution in [2.45, 2.75) is 51.5 Å². The standard InChI is InChI=1S/C16H24FN/c1-5-12-10-16(12,11-18-15(2,3)4)13-8-6-7-9-14(13)17/h6-9,12,18H,5,10-11H2,1-4H3. The molecule has 2 atom stereocenters. The van der Waals surface area contributed by atoms with Gasteiger partial charge in [0.2, 0.25) is 0 Å². The first-order valence-corrected chi connectivity index (χ1v) is 6.89. The van der Waals surface area contributed by atoms with E-state index in [0.29, 0.717) is 5.92 Å². The maximum absolute atomic E-state index is 14.0. The number of hydrogen-bond donors (Lipinski definition) is 1. The Morgan fingerprint density at radius 1 is 1.33 bits per heavy atom. The highest BCUT2D eigenvalue weighted by Crippen LogP contribution is 2.56. The molecule has 0 aliphatic heterocycles. The number of halogens is 1. The number of benzene rings is 1. The van der Waals surface area contributed by atoms with Gasteiger partial charge < -0.3 is 5.32 Å². The maximum Gasteiger partial charge on any atom is 0.127 e. The van der Waals surface area contributed by atoms with Crippen LogP contribution in [0.4, 0.5) is 4.39 Å². The van der Waals surface area contributed by atoms with E-state index in [2.05, 4.69) is 33.0 Å². The van der Waals surface area contributed by atoms with Crippen molar-refractivity contribution in [3.63, 3.8) is 0 Å². The summed E-state index contributed by atoms with van der Waals surface area (Å²) >= 11 is 0. The Kier molecular flexibility index (Phi) is 3.50. The zero-order valence-electron chi connectivity index (χ0n) is 11.9. The lowest BCUT2D eigenvalue weighted by molar-refractivity contribution is 0.382. The van der Waals surface area contributed by atoms with Crippen molar-refractivity contribution in [1.82, 2.24) is 5.32 Å². The van der Waals surface area contributed by atoms with Crippen molar-refractivity contribution in [3.05, 3.63) is 35.6 Å². The summed E-state index contributed by atoms with van der Waals surface area (Å²) < 4.78 is 14.0. The molecule has 0 heterocycles. The Morgan fingerprint density at radius 2 is 2.00 bits per heavy atom. The fraction of sp³-hybridized carbons (Fsp3) is 0.625. The summed E-state index contributed by atoms with van der Waals surface area (Å²) in [5.41, 5.74) is 1.00. The topological polar surface area (TPSA) is 12.0 Å². The first kappa shape index (κ1) is 13.5. The third kappa shape index (κ3) is 2.59. The first-order chi connectivity index (χ1) is 8.39. The van der Waals surface area contributed by atoms with E-state index < -0.39 is 0 Å². The van der Waals surface area contributed by atoms with Crippen LogP contribution >= 0.6 is 0 Å². The molecule has 1 aromatic rings. The molecule has 2 unspecified atom stereocenters. The van der Waals surface area contributed by atoms with Crippen LogP contribution in [0.3, 0.4) is 0 Å². The van der Waals surface area contributed by atoms with Crippen LogP contribution in [0.2, 0.25) is 0 Å². The average molecular weight is 249 g/mol. The molecule has 1 saturated carbocycles. The molecule has 0 bridgehead atoms. The van der Waals surface area contributed by atoms with Gasteiger partial charge in [-0.3, -0.25) is 0 Å². The molecule has 1 aromatic carbocycles. The van der Waals surface area contributed by atoms with E-state index >= 15 is 0 Å².